The van der Waals surface area contributed by atoms with Gasteiger partial charge in [-0.15, -0.1) is 0 Å². The van der Waals surface area contributed by atoms with Crippen LogP contribution in [0.15, 0.2) is 15.0 Å². The summed E-state index contributed by atoms with van der Waals surface area (Å²) >= 11 is 6.06. The van der Waals surface area contributed by atoms with Crippen LogP contribution >= 0.6 is 31.9 Å². The van der Waals surface area contributed by atoms with Crippen LogP contribution in [0.25, 0.3) is 0 Å². The molecule has 0 atom stereocenters. The van der Waals surface area contributed by atoms with Gasteiger partial charge in [0.1, 0.15) is 11.4 Å². The zero-order chi connectivity index (χ0) is 10.0. The molecule has 0 amide bonds. The van der Waals surface area contributed by atoms with Gasteiger partial charge in [-0.25, -0.2) is 13.8 Å². The van der Waals surface area contributed by atoms with Crippen LogP contribution < -0.4 is 0 Å². The van der Waals surface area contributed by atoms with Crippen molar-refractivity contribution in [3.8, 4) is 0 Å². The Morgan fingerprint density at radius 3 is 2.54 bits per heavy atom. The Balaban J connectivity index is 3.30. The van der Waals surface area contributed by atoms with E-state index in [1.807, 2.05) is 0 Å². The van der Waals surface area contributed by atoms with Gasteiger partial charge in [-0.2, -0.15) is 0 Å². The Morgan fingerprint density at radius 2 is 2.08 bits per heavy atom. The Labute approximate surface area is 89.6 Å². The van der Waals surface area contributed by atoms with Crippen LogP contribution in [0.2, 0.25) is 0 Å². The fourth-order valence-electron chi connectivity index (χ4n) is 0.726. The first-order valence-electron chi connectivity index (χ1n) is 3.15. The molecule has 0 saturated carbocycles. The van der Waals surface area contributed by atoms with E-state index in [1.54, 1.807) is 0 Å². The number of aromatic nitrogens is 1. The zero-order valence-electron chi connectivity index (χ0n) is 6.10. The zero-order valence-corrected chi connectivity index (χ0v) is 9.27. The third-order valence-corrected chi connectivity index (χ3v) is 3.28. The normalized spacial score (nSPS) is 10.5. The molecule has 2 nitrogen and oxygen atoms in total. The summed E-state index contributed by atoms with van der Waals surface area (Å²) in [5, 5.41) is 0. The molecular weight excluding hydrogens is 312 g/mol. The molecule has 13 heavy (non-hydrogen) atoms. The lowest BCUT2D eigenvalue weighted by atomic mass is 10.3. The molecule has 0 spiro atoms. The van der Waals surface area contributed by atoms with Crippen molar-refractivity contribution in [3.05, 3.63) is 26.4 Å². The van der Waals surface area contributed by atoms with E-state index in [-0.39, 0.29) is 5.69 Å². The van der Waals surface area contributed by atoms with Crippen LogP contribution in [-0.4, -0.2) is 11.3 Å². The van der Waals surface area contributed by atoms with Gasteiger partial charge in [0.25, 0.3) is 6.43 Å². The van der Waals surface area contributed by atoms with Crippen LogP contribution in [-0.2, 0) is 0 Å². The Kier molecular flexibility index (Phi) is 3.49. The number of nitrogens with zero attached hydrogens (tertiary/aromatic N) is 1. The highest BCUT2D eigenvalue weighted by molar-refractivity contribution is 9.13. The highest BCUT2D eigenvalue weighted by Crippen LogP contribution is 2.28. The maximum atomic E-state index is 12.2. The number of pyridine rings is 1. The second kappa shape index (κ2) is 4.23. The number of hydrogen-bond acceptors (Lipinski definition) is 2. The minimum Gasteiger partial charge on any atom is -0.296 e. The summed E-state index contributed by atoms with van der Waals surface area (Å²) in [6.07, 6.45) is -2.26. The summed E-state index contributed by atoms with van der Waals surface area (Å²) in [7, 11) is 0. The van der Waals surface area contributed by atoms with Gasteiger partial charge in [-0.1, -0.05) is 0 Å². The molecule has 1 heterocycles. The van der Waals surface area contributed by atoms with Crippen molar-refractivity contribution < 1.29 is 13.6 Å². The summed E-state index contributed by atoms with van der Waals surface area (Å²) in [6.45, 7) is 0. The highest BCUT2D eigenvalue weighted by Gasteiger charge is 2.14. The van der Waals surface area contributed by atoms with Crippen LogP contribution in [0, 0.1) is 0 Å². The van der Waals surface area contributed by atoms with Gasteiger partial charge in [0, 0.05) is 4.47 Å². The topological polar surface area (TPSA) is 30.0 Å². The van der Waals surface area contributed by atoms with E-state index in [1.165, 1.54) is 6.07 Å². The number of hydrogen-bond donors (Lipinski definition) is 0. The Hall–Kier alpha value is -0.360. The van der Waals surface area contributed by atoms with Crippen molar-refractivity contribution in [3.63, 3.8) is 0 Å². The van der Waals surface area contributed by atoms with Gasteiger partial charge < -0.3 is 0 Å². The molecule has 0 saturated heterocycles. The van der Waals surface area contributed by atoms with Crippen LogP contribution in [0.1, 0.15) is 22.6 Å². The van der Waals surface area contributed by atoms with Crippen LogP contribution in [0.4, 0.5) is 8.78 Å². The fraction of sp³-hybridized carbons (Fsp3) is 0.143. The number of alkyl halides is 2. The van der Waals surface area contributed by atoms with Crippen LogP contribution in [0.5, 0.6) is 0 Å². The van der Waals surface area contributed by atoms with Crippen molar-refractivity contribution in [2.75, 3.05) is 0 Å². The monoisotopic (exact) mass is 313 g/mol. The molecule has 0 aromatic carbocycles. The van der Waals surface area contributed by atoms with Gasteiger partial charge in [-0.05, 0) is 37.9 Å². The minimum absolute atomic E-state index is 0.0373. The number of aldehydes is 1. The molecule has 0 aliphatic heterocycles. The molecule has 1 aromatic rings. The second-order valence-electron chi connectivity index (χ2n) is 2.15. The van der Waals surface area contributed by atoms with E-state index in [0.29, 0.717) is 15.2 Å². The quantitative estimate of drug-likeness (QED) is 0.784. The largest absolute Gasteiger partial charge is 0.296 e. The molecule has 0 aliphatic rings. The van der Waals surface area contributed by atoms with Gasteiger partial charge in [0.15, 0.2) is 6.29 Å². The molecule has 0 bridgehead atoms. The van der Waals surface area contributed by atoms with E-state index in [0.717, 1.165) is 0 Å². The Bertz CT molecular complexity index is 344. The number of carbonyl (C=O) groups is 1. The van der Waals surface area contributed by atoms with Gasteiger partial charge >= 0.3 is 0 Å². The van der Waals surface area contributed by atoms with Crippen molar-refractivity contribution in [1.29, 1.82) is 0 Å². The van der Waals surface area contributed by atoms with E-state index in [2.05, 4.69) is 36.8 Å². The predicted octanol–water partition coefficient (Wildman–Crippen LogP) is 3.36. The summed E-state index contributed by atoms with van der Waals surface area (Å²) in [5.41, 5.74) is -0.457. The summed E-state index contributed by atoms with van der Waals surface area (Å²) < 4.78 is 25.1. The SMILES string of the molecule is O=Cc1nc(C(F)F)cc(Br)c1Br. The molecule has 1 aromatic heterocycles. The first-order chi connectivity index (χ1) is 6.06. The molecule has 70 valence electrons. The van der Waals surface area contributed by atoms with Crippen molar-refractivity contribution in [1.82, 2.24) is 4.98 Å². The molecule has 0 fully saturated rings. The third kappa shape index (κ3) is 2.31. The average molecular weight is 315 g/mol. The minimum atomic E-state index is -2.68. The molecule has 0 aliphatic carbocycles. The maximum Gasteiger partial charge on any atom is 0.280 e. The van der Waals surface area contributed by atoms with Crippen molar-refractivity contribution in [2.24, 2.45) is 0 Å². The van der Waals surface area contributed by atoms with Crippen molar-refractivity contribution in [2.45, 2.75) is 6.43 Å². The molecule has 0 N–H and O–H groups in total. The lowest BCUT2D eigenvalue weighted by molar-refractivity contribution is 0.111. The van der Waals surface area contributed by atoms with Crippen molar-refractivity contribution >= 4 is 38.1 Å². The average Bonchev–Trinajstić information content (AvgIpc) is 2.09. The van der Waals surface area contributed by atoms with Gasteiger partial charge in [0.05, 0.1) is 4.47 Å². The lowest BCUT2D eigenvalue weighted by Crippen LogP contribution is -1.97. The molecule has 1 rings (SSSR count). The molecule has 0 unspecified atom stereocenters. The van der Waals surface area contributed by atoms with Gasteiger partial charge in [-0.3, -0.25) is 4.79 Å². The smallest absolute Gasteiger partial charge is 0.280 e. The van der Waals surface area contributed by atoms with E-state index < -0.39 is 12.1 Å². The maximum absolute atomic E-state index is 12.2. The fourth-order valence-corrected chi connectivity index (χ4v) is 1.46. The number of rotatable bonds is 2. The predicted molar refractivity (Wildman–Crippen MR) is 50.0 cm³/mol. The van der Waals surface area contributed by atoms with E-state index in [4.69, 9.17) is 0 Å². The molecule has 0 radical (unpaired) electrons. The first-order valence-corrected chi connectivity index (χ1v) is 4.74. The van der Waals surface area contributed by atoms with E-state index in [9.17, 15) is 13.6 Å². The highest BCUT2D eigenvalue weighted by atomic mass is 79.9. The third-order valence-electron chi connectivity index (χ3n) is 1.29. The second-order valence-corrected chi connectivity index (χ2v) is 3.79. The Morgan fingerprint density at radius 1 is 1.46 bits per heavy atom. The van der Waals surface area contributed by atoms with Crippen LogP contribution in [0.3, 0.4) is 0 Å². The molecule has 6 heteroatoms. The van der Waals surface area contributed by atoms with Gasteiger partial charge in [0.2, 0.25) is 0 Å². The molecular formula is C7H3Br2F2NO. The summed E-state index contributed by atoms with van der Waals surface area (Å²) in [6, 6.07) is 1.17. The number of halogens is 4. The summed E-state index contributed by atoms with van der Waals surface area (Å²) in [5.74, 6) is 0. The van der Waals surface area contributed by atoms with E-state index >= 15 is 0 Å². The summed E-state index contributed by atoms with van der Waals surface area (Å²) in [4.78, 5) is 13.9. The number of carbonyl (C=O) groups excluding carboxylic acids is 1. The first kappa shape index (κ1) is 10.7. The lowest BCUT2D eigenvalue weighted by Gasteiger charge is -2.03. The standard InChI is InChI=1S/C7H3Br2F2NO/c8-3-1-4(7(10)11)12-5(2-13)6(3)9/h1-2,7H.